The Morgan fingerprint density at radius 2 is 1.65 bits per heavy atom. The van der Waals surface area contributed by atoms with Crippen molar-refractivity contribution in [1.82, 2.24) is 14.9 Å². The highest BCUT2D eigenvalue weighted by Crippen LogP contribution is 2.44. The predicted molar refractivity (Wildman–Crippen MR) is 175 cm³/mol. The molecule has 2 N–H and O–H groups in total. The Hall–Kier alpha value is -4.66. The quantitative estimate of drug-likeness (QED) is 0.180. The van der Waals surface area contributed by atoms with E-state index in [1.807, 2.05) is 97.1 Å². The van der Waals surface area contributed by atoms with Crippen LogP contribution in [-0.4, -0.2) is 27.2 Å². The zero-order chi connectivity index (χ0) is 29.9. The number of thiocarbonyl (C=S) groups is 1. The molecule has 2 atom stereocenters. The van der Waals surface area contributed by atoms with Crippen molar-refractivity contribution in [3.05, 3.63) is 137 Å². The Kier molecular flexibility index (Phi) is 8.13. The van der Waals surface area contributed by atoms with Crippen LogP contribution in [-0.2, 0) is 4.79 Å². The van der Waals surface area contributed by atoms with E-state index in [0.717, 1.165) is 34.0 Å². The highest BCUT2D eigenvalue weighted by Gasteiger charge is 2.42. The first-order chi connectivity index (χ1) is 20.9. The van der Waals surface area contributed by atoms with Gasteiger partial charge in [-0.15, -0.1) is 0 Å². The fourth-order valence-corrected chi connectivity index (χ4v) is 6.06. The summed E-state index contributed by atoms with van der Waals surface area (Å²) in [5.74, 6) is 0.407. The van der Waals surface area contributed by atoms with E-state index in [1.165, 1.54) is 0 Å². The molecular weight excluding hydrogens is 578 g/mol. The van der Waals surface area contributed by atoms with E-state index < -0.39 is 0 Å². The number of rotatable bonds is 8. The molecule has 1 amide bonds. The summed E-state index contributed by atoms with van der Waals surface area (Å²) in [6.07, 6.45) is 1.80. The van der Waals surface area contributed by atoms with E-state index in [1.54, 1.807) is 6.20 Å². The second-order valence-electron chi connectivity index (χ2n) is 10.3. The number of amides is 1. The van der Waals surface area contributed by atoms with Gasteiger partial charge >= 0.3 is 0 Å². The summed E-state index contributed by atoms with van der Waals surface area (Å²) in [7, 11) is 0. The van der Waals surface area contributed by atoms with Crippen LogP contribution >= 0.6 is 23.8 Å². The summed E-state index contributed by atoms with van der Waals surface area (Å²) >= 11 is 12.1. The van der Waals surface area contributed by atoms with Gasteiger partial charge in [-0.2, -0.15) is 0 Å². The maximum atomic E-state index is 12.5. The second kappa shape index (κ2) is 12.3. The molecule has 0 aliphatic carbocycles. The van der Waals surface area contributed by atoms with E-state index >= 15 is 0 Å². The molecule has 0 unspecified atom stereocenters. The summed E-state index contributed by atoms with van der Waals surface area (Å²) in [4.78, 5) is 19.3. The number of nitrogens with one attached hydrogen (secondary N) is 2. The fourth-order valence-electron chi connectivity index (χ4n) is 5.59. The third kappa shape index (κ3) is 5.98. The van der Waals surface area contributed by atoms with Crippen LogP contribution in [0.5, 0.6) is 5.75 Å². The lowest BCUT2D eigenvalue weighted by Crippen LogP contribution is -2.29. The normalized spacial score (nSPS) is 16.2. The molecule has 3 heterocycles. The van der Waals surface area contributed by atoms with Crippen LogP contribution in [0.4, 0.5) is 11.4 Å². The summed E-state index contributed by atoms with van der Waals surface area (Å²) in [5.41, 5.74) is 6.84. The molecule has 3 aromatic carbocycles. The van der Waals surface area contributed by atoms with Gasteiger partial charge in [0.1, 0.15) is 5.75 Å². The van der Waals surface area contributed by atoms with E-state index in [-0.39, 0.29) is 24.6 Å². The number of carbonyl (C=O) groups excluding carboxylic acids is 1. The lowest BCUT2D eigenvalue weighted by molar-refractivity contribution is -0.118. The topological polar surface area (TPSA) is 71.4 Å². The molecule has 0 saturated carbocycles. The number of carbonyl (C=O) groups is 1. The van der Waals surface area contributed by atoms with Gasteiger partial charge in [-0.25, -0.2) is 0 Å². The van der Waals surface area contributed by atoms with E-state index in [0.29, 0.717) is 21.6 Å². The molecule has 2 aromatic heterocycles. The maximum Gasteiger partial charge on any atom is 0.262 e. The van der Waals surface area contributed by atoms with Crippen molar-refractivity contribution in [3.63, 3.8) is 0 Å². The molecule has 0 bridgehead atoms. The number of nitrogens with zero attached hydrogens (tertiary/aromatic N) is 3. The van der Waals surface area contributed by atoms with Crippen molar-refractivity contribution in [2.45, 2.75) is 25.9 Å². The van der Waals surface area contributed by atoms with Crippen LogP contribution in [0, 0.1) is 13.8 Å². The van der Waals surface area contributed by atoms with E-state index in [9.17, 15) is 4.79 Å². The minimum absolute atomic E-state index is 0.0804. The molecule has 1 aliphatic rings. The summed E-state index contributed by atoms with van der Waals surface area (Å²) in [5, 5.41) is 7.74. The van der Waals surface area contributed by atoms with Crippen LogP contribution in [0.3, 0.4) is 0 Å². The van der Waals surface area contributed by atoms with Crippen molar-refractivity contribution in [2.24, 2.45) is 0 Å². The Balaban J connectivity index is 1.30. The number of aromatic nitrogens is 2. The number of pyridine rings is 1. The summed E-state index contributed by atoms with van der Waals surface area (Å²) in [6.45, 7) is 4.15. The van der Waals surface area contributed by atoms with Crippen molar-refractivity contribution in [1.29, 1.82) is 0 Å². The summed E-state index contributed by atoms with van der Waals surface area (Å²) in [6, 6.07) is 32.6. The van der Waals surface area contributed by atoms with Crippen LogP contribution in [0.15, 0.2) is 109 Å². The maximum absolute atomic E-state index is 12.5. The minimum atomic E-state index is -0.238. The molecular formula is C34H30ClN5O2S. The molecule has 1 fully saturated rings. The van der Waals surface area contributed by atoms with Crippen LogP contribution in [0.1, 0.15) is 34.7 Å². The smallest absolute Gasteiger partial charge is 0.262 e. The van der Waals surface area contributed by atoms with Crippen LogP contribution in [0.25, 0.3) is 5.69 Å². The Morgan fingerprint density at radius 3 is 2.35 bits per heavy atom. The van der Waals surface area contributed by atoms with Gasteiger partial charge in [0.15, 0.2) is 11.7 Å². The zero-order valence-electron chi connectivity index (χ0n) is 23.7. The highest BCUT2D eigenvalue weighted by molar-refractivity contribution is 7.80. The lowest BCUT2D eigenvalue weighted by atomic mass is 9.96. The van der Waals surface area contributed by atoms with Gasteiger partial charge < -0.3 is 24.8 Å². The molecule has 1 aliphatic heterocycles. The molecule has 216 valence electrons. The Labute approximate surface area is 261 Å². The Bertz CT molecular complexity index is 1740. The number of para-hydroxylation sites is 1. The van der Waals surface area contributed by atoms with Crippen LogP contribution < -0.4 is 20.3 Å². The first kappa shape index (κ1) is 28.5. The number of benzene rings is 3. The molecule has 5 aromatic rings. The molecule has 43 heavy (non-hydrogen) atoms. The van der Waals surface area contributed by atoms with Gasteiger partial charge in [-0.05, 0) is 110 Å². The number of halogens is 1. The summed E-state index contributed by atoms with van der Waals surface area (Å²) < 4.78 is 7.81. The van der Waals surface area contributed by atoms with Crippen molar-refractivity contribution < 1.29 is 9.53 Å². The minimum Gasteiger partial charge on any atom is -0.484 e. The fraction of sp³-hybridized carbons (Fsp3) is 0.147. The van der Waals surface area contributed by atoms with Gasteiger partial charge in [0, 0.05) is 39.7 Å². The third-order valence-electron chi connectivity index (χ3n) is 7.51. The third-order valence-corrected chi connectivity index (χ3v) is 8.08. The van der Waals surface area contributed by atoms with Crippen molar-refractivity contribution in [2.75, 3.05) is 16.8 Å². The van der Waals surface area contributed by atoms with E-state index in [2.05, 4.69) is 45.0 Å². The zero-order valence-corrected chi connectivity index (χ0v) is 25.3. The highest BCUT2D eigenvalue weighted by atomic mass is 35.5. The molecule has 0 spiro atoms. The second-order valence-corrected chi connectivity index (χ2v) is 11.2. The van der Waals surface area contributed by atoms with Crippen molar-refractivity contribution >= 4 is 46.2 Å². The van der Waals surface area contributed by atoms with Crippen molar-refractivity contribution in [3.8, 4) is 11.4 Å². The first-order valence-electron chi connectivity index (χ1n) is 13.9. The molecule has 7 nitrogen and oxygen atoms in total. The van der Waals surface area contributed by atoms with Gasteiger partial charge in [0.2, 0.25) is 0 Å². The number of aryl methyl sites for hydroxylation is 1. The SMILES string of the molecule is Cc1cc([C@H]2[C@H](c3ccccn3)NC(=S)N2c2ccc(NC(=O)COc3ccccc3)cc2)c(C)n1-c1ccc(Cl)cc1. The molecule has 6 rings (SSSR count). The number of anilines is 2. The average molecular weight is 608 g/mol. The van der Waals surface area contributed by atoms with Gasteiger partial charge in [0.05, 0.1) is 17.8 Å². The number of ether oxygens (including phenoxy) is 1. The molecule has 9 heteroatoms. The standard InChI is InChI=1S/C34H30ClN5O2S/c1-22-20-29(23(2)39(22)26-15-11-24(35)12-16-26)33-32(30-10-6-7-19-36-30)38-34(43)40(33)27-17-13-25(14-18-27)37-31(41)21-42-28-8-4-3-5-9-28/h3-20,32-33H,21H2,1-2H3,(H,37,41)(H,38,43)/t32-,33-/m0/s1. The number of hydrogen-bond donors (Lipinski definition) is 2. The molecule has 1 saturated heterocycles. The Morgan fingerprint density at radius 1 is 0.953 bits per heavy atom. The average Bonchev–Trinajstić information content (AvgIpc) is 3.52. The predicted octanol–water partition coefficient (Wildman–Crippen LogP) is 7.34. The van der Waals surface area contributed by atoms with Crippen LogP contribution in [0.2, 0.25) is 5.02 Å². The lowest BCUT2D eigenvalue weighted by Gasteiger charge is -2.28. The molecule has 0 radical (unpaired) electrons. The largest absolute Gasteiger partial charge is 0.484 e. The first-order valence-corrected chi connectivity index (χ1v) is 14.7. The van der Waals surface area contributed by atoms with E-state index in [4.69, 9.17) is 28.6 Å². The van der Waals surface area contributed by atoms with Gasteiger partial charge in [-0.1, -0.05) is 35.9 Å². The monoisotopic (exact) mass is 607 g/mol. The van der Waals surface area contributed by atoms with Gasteiger partial charge in [0.25, 0.3) is 5.91 Å². The van der Waals surface area contributed by atoms with Gasteiger partial charge in [-0.3, -0.25) is 9.78 Å². The number of hydrogen-bond acceptors (Lipinski definition) is 4.